The molecule has 40 heavy (non-hydrogen) atoms. The number of nitriles is 1. The number of anilines is 3. The van der Waals surface area contributed by atoms with Gasteiger partial charge in [-0.15, -0.1) is 11.3 Å². The molecule has 2 bridgehead atoms. The molecule has 3 N–H and O–H groups in total. The van der Waals surface area contributed by atoms with Gasteiger partial charge in [0.2, 0.25) is 5.95 Å². The van der Waals surface area contributed by atoms with Crippen LogP contribution in [0.5, 0.6) is 0 Å². The fourth-order valence-electron chi connectivity index (χ4n) is 6.06. The van der Waals surface area contributed by atoms with E-state index in [1.165, 1.54) is 0 Å². The summed E-state index contributed by atoms with van der Waals surface area (Å²) >= 11 is 0.738. The first-order chi connectivity index (χ1) is 19.1. The zero-order valence-electron chi connectivity index (χ0n) is 20.9. The van der Waals surface area contributed by atoms with Crippen LogP contribution in [0.1, 0.15) is 30.4 Å². The van der Waals surface area contributed by atoms with E-state index < -0.39 is 28.9 Å². The predicted molar refractivity (Wildman–Crippen MR) is 143 cm³/mol. The van der Waals surface area contributed by atoms with E-state index in [9.17, 15) is 22.8 Å². The quantitative estimate of drug-likeness (QED) is 0.318. The molecule has 3 aliphatic rings. The normalized spacial score (nSPS) is 20.8. The van der Waals surface area contributed by atoms with Crippen LogP contribution in [0.3, 0.4) is 0 Å². The topological polar surface area (TPSA) is 94.1 Å². The van der Waals surface area contributed by atoms with E-state index in [0.717, 1.165) is 48.8 Å². The smallest absolute Gasteiger partial charge is 0.389 e. The second kappa shape index (κ2) is 8.87. The SMILES string of the molecule is N#Cc1c(N)sc2c(F)ccc(-c3c(C(F)(F)F)cc4c(N5CC6CCC(C5)N6)nc(N5CCC5)nc4c3F)c12. The lowest BCUT2D eigenvalue weighted by molar-refractivity contribution is -0.137. The third-order valence-electron chi connectivity index (χ3n) is 8.06. The van der Waals surface area contributed by atoms with Crippen molar-refractivity contribution in [2.24, 2.45) is 0 Å². The molecule has 7 nitrogen and oxygen atoms in total. The van der Waals surface area contributed by atoms with E-state index in [1.807, 2.05) is 15.9 Å². The van der Waals surface area contributed by atoms with Gasteiger partial charge in [-0.3, -0.25) is 0 Å². The van der Waals surface area contributed by atoms with Gasteiger partial charge in [0.15, 0.2) is 5.82 Å². The van der Waals surface area contributed by atoms with Gasteiger partial charge in [0.05, 0.1) is 15.8 Å². The minimum atomic E-state index is -4.98. The maximum Gasteiger partial charge on any atom is 0.417 e. The summed E-state index contributed by atoms with van der Waals surface area (Å²) in [7, 11) is 0. The van der Waals surface area contributed by atoms with Gasteiger partial charge in [0.1, 0.15) is 28.2 Å². The van der Waals surface area contributed by atoms with Crippen LogP contribution in [0, 0.1) is 23.0 Å². The Balaban J connectivity index is 1.55. The van der Waals surface area contributed by atoms with Crippen molar-refractivity contribution >= 4 is 49.1 Å². The summed E-state index contributed by atoms with van der Waals surface area (Å²) in [5.41, 5.74) is 3.16. The third kappa shape index (κ3) is 3.77. The van der Waals surface area contributed by atoms with Gasteiger partial charge in [-0.05, 0) is 37.0 Å². The minimum absolute atomic E-state index is 0.0390. The molecule has 0 aliphatic carbocycles. The van der Waals surface area contributed by atoms with Crippen molar-refractivity contribution in [1.82, 2.24) is 15.3 Å². The van der Waals surface area contributed by atoms with Gasteiger partial charge in [-0.1, -0.05) is 6.07 Å². The molecule has 0 radical (unpaired) electrons. The zero-order chi connectivity index (χ0) is 27.9. The fourth-order valence-corrected chi connectivity index (χ4v) is 7.01. The minimum Gasteiger partial charge on any atom is -0.389 e. The monoisotopic (exact) mass is 571 g/mol. The number of thiophene rings is 1. The van der Waals surface area contributed by atoms with E-state index in [1.54, 1.807) is 0 Å². The molecule has 0 spiro atoms. The lowest BCUT2D eigenvalue weighted by atomic mass is 9.92. The highest BCUT2D eigenvalue weighted by atomic mass is 32.1. The highest BCUT2D eigenvalue weighted by Crippen LogP contribution is 2.48. The Labute approximate surface area is 229 Å². The standard InChI is InChI=1S/C27H22F5N7S/c28-18-5-4-14(19-16(9-33)24(34)40-23(18)19)20-17(27(30,31)32)8-15-22(21(20)29)36-26(38-6-1-7-38)37-25(15)39-10-12-2-3-13(11-39)35-12/h4-5,8,12-13,35H,1-3,6-7,10-11,34H2. The molecule has 7 rings (SSSR count). The Kier molecular flexibility index (Phi) is 5.59. The van der Waals surface area contributed by atoms with Gasteiger partial charge in [-0.2, -0.15) is 23.4 Å². The van der Waals surface area contributed by atoms with Crippen molar-refractivity contribution in [3.8, 4) is 17.2 Å². The molecule has 2 aromatic heterocycles. The maximum absolute atomic E-state index is 16.7. The molecular formula is C27H22F5N7S. The van der Waals surface area contributed by atoms with Crippen LogP contribution >= 0.6 is 11.3 Å². The Morgan fingerprint density at radius 3 is 2.42 bits per heavy atom. The van der Waals surface area contributed by atoms with Crippen LogP contribution < -0.4 is 20.9 Å². The Morgan fingerprint density at radius 1 is 1.07 bits per heavy atom. The van der Waals surface area contributed by atoms with E-state index in [2.05, 4.69) is 15.3 Å². The Morgan fingerprint density at radius 2 is 1.80 bits per heavy atom. The highest BCUT2D eigenvalue weighted by Gasteiger charge is 2.40. The second-order valence-electron chi connectivity index (χ2n) is 10.5. The summed E-state index contributed by atoms with van der Waals surface area (Å²) < 4.78 is 75.3. The number of nitrogen functional groups attached to an aromatic ring is 1. The maximum atomic E-state index is 16.7. The molecule has 2 atom stereocenters. The summed E-state index contributed by atoms with van der Waals surface area (Å²) in [6.07, 6.45) is -2.18. The van der Waals surface area contributed by atoms with Crippen molar-refractivity contribution in [1.29, 1.82) is 5.26 Å². The highest BCUT2D eigenvalue weighted by molar-refractivity contribution is 7.23. The summed E-state index contributed by atoms with van der Waals surface area (Å²) in [5, 5.41) is 12.9. The van der Waals surface area contributed by atoms with Gasteiger partial charge < -0.3 is 20.9 Å². The lowest BCUT2D eigenvalue weighted by Gasteiger charge is -2.36. The number of hydrogen-bond acceptors (Lipinski definition) is 8. The molecule has 2 unspecified atom stereocenters. The largest absolute Gasteiger partial charge is 0.417 e. The van der Waals surface area contributed by atoms with Crippen LogP contribution in [0.2, 0.25) is 0 Å². The van der Waals surface area contributed by atoms with Gasteiger partial charge in [0.25, 0.3) is 0 Å². The van der Waals surface area contributed by atoms with E-state index >= 15 is 4.39 Å². The number of nitrogens with one attached hydrogen (secondary N) is 1. The molecule has 5 heterocycles. The second-order valence-corrected chi connectivity index (χ2v) is 11.5. The molecule has 2 aromatic carbocycles. The molecule has 3 aliphatic heterocycles. The van der Waals surface area contributed by atoms with Crippen molar-refractivity contribution in [3.63, 3.8) is 0 Å². The number of piperazine rings is 1. The number of aromatic nitrogens is 2. The first kappa shape index (κ1) is 25.2. The number of halogens is 5. The number of fused-ring (bicyclic) bond motifs is 4. The molecule has 3 fully saturated rings. The summed E-state index contributed by atoms with van der Waals surface area (Å²) in [6, 6.07) is 5.11. The lowest BCUT2D eigenvalue weighted by Crippen LogP contribution is -2.51. The average Bonchev–Trinajstić information content (AvgIpc) is 3.40. The molecular weight excluding hydrogens is 549 g/mol. The predicted octanol–water partition coefficient (Wildman–Crippen LogP) is 5.41. The molecule has 4 aromatic rings. The zero-order valence-corrected chi connectivity index (χ0v) is 21.8. The van der Waals surface area contributed by atoms with Gasteiger partial charge >= 0.3 is 6.18 Å². The average molecular weight is 572 g/mol. The van der Waals surface area contributed by atoms with Crippen LogP contribution in [0.25, 0.3) is 32.1 Å². The van der Waals surface area contributed by atoms with Crippen LogP contribution in [-0.2, 0) is 6.18 Å². The van der Waals surface area contributed by atoms with Crippen LogP contribution in [-0.4, -0.2) is 48.2 Å². The number of nitrogens with two attached hydrogens (primary N) is 1. The van der Waals surface area contributed by atoms with Crippen molar-refractivity contribution in [2.75, 3.05) is 41.7 Å². The van der Waals surface area contributed by atoms with E-state index in [-0.39, 0.29) is 61.0 Å². The number of nitrogens with zero attached hydrogens (tertiary/aromatic N) is 5. The first-order valence-electron chi connectivity index (χ1n) is 12.9. The third-order valence-corrected chi connectivity index (χ3v) is 9.09. The fraction of sp³-hybridized carbons (Fsp3) is 0.370. The van der Waals surface area contributed by atoms with Crippen LogP contribution in [0.15, 0.2) is 18.2 Å². The van der Waals surface area contributed by atoms with Crippen molar-refractivity contribution in [3.05, 3.63) is 41.0 Å². The molecule has 13 heteroatoms. The Hall–Kier alpha value is -3.76. The van der Waals surface area contributed by atoms with Crippen LogP contribution in [0.4, 0.5) is 38.7 Å². The molecule has 206 valence electrons. The summed E-state index contributed by atoms with van der Waals surface area (Å²) in [5.74, 6) is -1.44. The number of benzene rings is 2. The van der Waals surface area contributed by atoms with Gasteiger partial charge in [0, 0.05) is 54.6 Å². The number of alkyl halides is 3. The molecule has 3 saturated heterocycles. The van der Waals surface area contributed by atoms with E-state index in [4.69, 9.17) is 5.73 Å². The molecule has 0 amide bonds. The Bertz CT molecular complexity index is 1730. The number of rotatable bonds is 3. The van der Waals surface area contributed by atoms with Gasteiger partial charge in [-0.25, -0.2) is 13.8 Å². The van der Waals surface area contributed by atoms with E-state index in [0.29, 0.717) is 26.2 Å². The first-order valence-corrected chi connectivity index (χ1v) is 13.7. The summed E-state index contributed by atoms with van der Waals surface area (Å²) in [4.78, 5) is 12.9. The summed E-state index contributed by atoms with van der Waals surface area (Å²) in [6.45, 7) is 2.38. The molecule has 0 saturated carbocycles. The number of hydrogen-bond donors (Lipinski definition) is 2. The van der Waals surface area contributed by atoms with Crippen molar-refractivity contribution < 1.29 is 22.0 Å². The van der Waals surface area contributed by atoms with Crippen molar-refractivity contribution in [2.45, 2.75) is 37.5 Å².